The topological polar surface area (TPSA) is 58.5 Å². The molecular weight excluding hydrogens is 302 g/mol. The van der Waals surface area contributed by atoms with Gasteiger partial charge in [-0.25, -0.2) is 9.97 Å². The summed E-state index contributed by atoms with van der Waals surface area (Å²) in [6.45, 7) is 6.05. The predicted molar refractivity (Wildman–Crippen MR) is 93.9 cm³/mol. The standard InChI is InChI=1S/C19H23N3O2/c1-13(2)15-7-5-4-6-14(15)11-24-19-8-17(20-12-21-19)16-9-22(3)10-18(16)23/h4-8,12-13,23H,9-11H2,1-3H3. The lowest BCUT2D eigenvalue weighted by Crippen LogP contribution is -2.14. The van der Waals surface area contributed by atoms with Crippen molar-refractivity contribution in [3.8, 4) is 5.88 Å². The SMILES string of the molecule is CC(C)c1ccccc1COc1cc(C2=C(O)CN(C)C2)ncn1. The lowest BCUT2D eigenvalue weighted by molar-refractivity contribution is 0.291. The van der Waals surface area contributed by atoms with Crippen molar-refractivity contribution in [1.29, 1.82) is 0 Å². The van der Waals surface area contributed by atoms with Crippen LogP contribution in [-0.4, -0.2) is 40.1 Å². The first-order valence-corrected chi connectivity index (χ1v) is 8.17. The second-order valence-corrected chi connectivity index (χ2v) is 6.48. The molecule has 0 amide bonds. The fourth-order valence-electron chi connectivity index (χ4n) is 2.96. The number of aromatic nitrogens is 2. The Morgan fingerprint density at radius 2 is 2.00 bits per heavy atom. The van der Waals surface area contributed by atoms with E-state index in [1.54, 1.807) is 6.07 Å². The van der Waals surface area contributed by atoms with Crippen LogP contribution in [0.5, 0.6) is 5.88 Å². The zero-order valence-electron chi connectivity index (χ0n) is 14.4. The molecule has 1 aromatic heterocycles. The third-order valence-electron chi connectivity index (χ3n) is 4.20. The van der Waals surface area contributed by atoms with E-state index in [0.29, 0.717) is 37.3 Å². The normalized spacial score (nSPS) is 15.3. The monoisotopic (exact) mass is 325 g/mol. The van der Waals surface area contributed by atoms with Crippen LogP contribution in [0.1, 0.15) is 36.6 Å². The van der Waals surface area contributed by atoms with E-state index in [1.807, 2.05) is 24.1 Å². The molecule has 0 atom stereocenters. The lowest BCUT2D eigenvalue weighted by Gasteiger charge is -2.13. The molecule has 0 fully saturated rings. The van der Waals surface area contributed by atoms with Gasteiger partial charge in [0.2, 0.25) is 5.88 Å². The first kappa shape index (κ1) is 16.5. The largest absolute Gasteiger partial charge is 0.511 e. The molecular formula is C19H23N3O2. The average Bonchev–Trinajstić information content (AvgIpc) is 2.92. The molecule has 0 saturated heterocycles. The van der Waals surface area contributed by atoms with Gasteiger partial charge in [-0.1, -0.05) is 38.1 Å². The fourth-order valence-corrected chi connectivity index (χ4v) is 2.96. The highest BCUT2D eigenvalue weighted by Gasteiger charge is 2.21. The molecule has 24 heavy (non-hydrogen) atoms. The summed E-state index contributed by atoms with van der Waals surface area (Å²) in [6.07, 6.45) is 1.48. The van der Waals surface area contributed by atoms with Gasteiger partial charge < -0.3 is 9.84 Å². The summed E-state index contributed by atoms with van der Waals surface area (Å²) >= 11 is 0. The Labute approximate surface area is 142 Å². The van der Waals surface area contributed by atoms with E-state index in [9.17, 15) is 5.11 Å². The first-order valence-electron chi connectivity index (χ1n) is 8.17. The van der Waals surface area contributed by atoms with E-state index in [2.05, 4.69) is 35.9 Å². The van der Waals surface area contributed by atoms with Gasteiger partial charge in [0.1, 0.15) is 18.7 Å². The van der Waals surface area contributed by atoms with Gasteiger partial charge in [-0.3, -0.25) is 4.90 Å². The Morgan fingerprint density at radius 1 is 1.21 bits per heavy atom. The highest BCUT2D eigenvalue weighted by atomic mass is 16.5. The minimum absolute atomic E-state index is 0.368. The van der Waals surface area contributed by atoms with E-state index in [0.717, 1.165) is 16.8 Å². The van der Waals surface area contributed by atoms with Crippen molar-refractivity contribution < 1.29 is 9.84 Å². The van der Waals surface area contributed by atoms with E-state index < -0.39 is 0 Å². The van der Waals surface area contributed by atoms with Crippen LogP contribution in [0.4, 0.5) is 0 Å². The fraction of sp³-hybridized carbons (Fsp3) is 0.368. The summed E-state index contributed by atoms with van der Waals surface area (Å²) in [5.41, 5.74) is 4.01. The van der Waals surface area contributed by atoms with Crippen LogP contribution < -0.4 is 4.74 Å². The highest BCUT2D eigenvalue weighted by Crippen LogP contribution is 2.25. The van der Waals surface area contributed by atoms with Crippen LogP contribution in [-0.2, 0) is 6.61 Å². The summed E-state index contributed by atoms with van der Waals surface area (Å²) < 4.78 is 5.88. The molecule has 2 aromatic rings. The first-order chi connectivity index (χ1) is 11.5. The Kier molecular flexibility index (Phi) is 4.81. The Bertz CT molecular complexity index is 756. The maximum Gasteiger partial charge on any atom is 0.217 e. The molecule has 3 rings (SSSR count). The molecule has 5 nitrogen and oxygen atoms in total. The average molecular weight is 325 g/mol. The number of aliphatic hydroxyl groups is 1. The minimum atomic E-state index is 0.368. The predicted octanol–water partition coefficient (Wildman–Crippen LogP) is 3.39. The van der Waals surface area contributed by atoms with Crippen molar-refractivity contribution in [3.05, 3.63) is 59.2 Å². The van der Waals surface area contributed by atoms with Gasteiger partial charge in [0.25, 0.3) is 0 Å². The van der Waals surface area contributed by atoms with Crippen LogP contribution in [0.2, 0.25) is 0 Å². The van der Waals surface area contributed by atoms with Crippen LogP contribution in [0.25, 0.3) is 5.57 Å². The minimum Gasteiger partial charge on any atom is -0.511 e. The second kappa shape index (κ2) is 7.01. The van der Waals surface area contributed by atoms with Crippen molar-refractivity contribution in [1.82, 2.24) is 14.9 Å². The van der Waals surface area contributed by atoms with Gasteiger partial charge in [0, 0.05) is 18.2 Å². The molecule has 2 heterocycles. The number of nitrogens with zero attached hydrogens (tertiary/aromatic N) is 3. The van der Waals surface area contributed by atoms with Gasteiger partial charge in [0.05, 0.1) is 12.2 Å². The van der Waals surface area contributed by atoms with E-state index in [-0.39, 0.29) is 0 Å². The molecule has 0 unspecified atom stereocenters. The molecule has 0 spiro atoms. The van der Waals surface area contributed by atoms with Gasteiger partial charge >= 0.3 is 0 Å². The van der Waals surface area contributed by atoms with Crippen LogP contribution >= 0.6 is 0 Å². The molecule has 0 saturated carbocycles. The van der Waals surface area contributed by atoms with E-state index in [1.165, 1.54) is 11.9 Å². The van der Waals surface area contributed by atoms with Gasteiger partial charge in [0.15, 0.2) is 0 Å². The smallest absolute Gasteiger partial charge is 0.217 e. The van der Waals surface area contributed by atoms with Crippen molar-refractivity contribution in [2.45, 2.75) is 26.4 Å². The van der Waals surface area contributed by atoms with Crippen molar-refractivity contribution in [2.24, 2.45) is 0 Å². The number of aliphatic hydroxyl groups excluding tert-OH is 1. The third-order valence-corrected chi connectivity index (χ3v) is 4.20. The molecule has 1 aromatic carbocycles. The lowest BCUT2D eigenvalue weighted by atomic mass is 9.98. The van der Waals surface area contributed by atoms with Crippen molar-refractivity contribution >= 4 is 5.57 Å². The number of benzene rings is 1. The molecule has 0 aliphatic carbocycles. The molecule has 0 bridgehead atoms. The molecule has 1 aliphatic heterocycles. The zero-order chi connectivity index (χ0) is 17.1. The quantitative estimate of drug-likeness (QED) is 0.913. The third kappa shape index (κ3) is 3.57. The van der Waals surface area contributed by atoms with E-state index >= 15 is 0 Å². The number of rotatable bonds is 5. The van der Waals surface area contributed by atoms with Crippen LogP contribution in [0.15, 0.2) is 42.4 Å². The molecule has 5 heteroatoms. The number of hydrogen-bond acceptors (Lipinski definition) is 5. The number of hydrogen-bond donors (Lipinski definition) is 1. The summed E-state index contributed by atoms with van der Waals surface area (Å²) in [5.74, 6) is 1.34. The number of ether oxygens (including phenoxy) is 1. The second-order valence-electron chi connectivity index (χ2n) is 6.48. The van der Waals surface area contributed by atoms with Gasteiger partial charge in [-0.15, -0.1) is 0 Å². The molecule has 0 radical (unpaired) electrons. The summed E-state index contributed by atoms with van der Waals surface area (Å²) in [7, 11) is 1.96. The Morgan fingerprint density at radius 3 is 2.71 bits per heavy atom. The van der Waals surface area contributed by atoms with Crippen molar-refractivity contribution in [3.63, 3.8) is 0 Å². The zero-order valence-corrected chi connectivity index (χ0v) is 14.4. The summed E-state index contributed by atoms with van der Waals surface area (Å²) in [6, 6.07) is 10.1. The van der Waals surface area contributed by atoms with Crippen LogP contribution in [0.3, 0.4) is 0 Å². The number of likely N-dealkylation sites (N-methyl/N-ethyl adjacent to an activating group) is 1. The maximum absolute atomic E-state index is 10.0. The molecule has 1 aliphatic rings. The van der Waals surface area contributed by atoms with Gasteiger partial charge in [-0.05, 0) is 24.1 Å². The molecule has 126 valence electrons. The Hall–Kier alpha value is -2.40. The Balaban J connectivity index is 1.76. The van der Waals surface area contributed by atoms with Crippen molar-refractivity contribution in [2.75, 3.05) is 20.1 Å². The highest BCUT2D eigenvalue weighted by molar-refractivity contribution is 5.68. The summed E-state index contributed by atoms with van der Waals surface area (Å²) in [4.78, 5) is 10.5. The maximum atomic E-state index is 10.0. The summed E-state index contributed by atoms with van der Waals surface area (Å²) in [5, 5.41) is 10.0. The molecule has 1 N–H and O–H groups in total. The van der Waals surface area contributed by atoms with E-state index in [4.69, 9.17) is 4.74 Å². The van der Waals surface area contributed by atoms with Gasteiger partial charge in [-0.2, -0.15) is 0 Å². The van der Waals surface area contributed by atoms with Crippen LogP contribution in [0, 0.1) is 0 Å².